The van der Waals surface area contributed by atoms with Crippen LogP contribution in [0.25, 0.3) is 10.9 Å². The number of unbranched alkanes of at least 4 members (excludes halogenated alkanes) is 5. The summed E-state index contributed by atoms with van der Waals surface area (Å²) in [6, 6.07) is 10.8. The number of aromatic amines is 1. The summed E-state index contributed by atoms with van der Waals surface area (Å²) in [7, 11) is 0. The van der Waals surface area contributed by atoms with Crippen molar-refractivity contribution in [2.75, 3.05) is 39.3 Å². The summed E-state index contributed by atoms with van der Waals surface area (Å²) in [5, 5.41) is 13.4. The number of ether oxygens (including phenoxy) is 1. The molecule has 272 valence electrons. The minimum Gasteiger partial charge on any atom is -0.494 e. The van der Waals surface area contributed by atoms with Gasteiger partial charge in [-0.25, -0.2) is 0 Å². The highest BCUT2D eigenvalue weighted by atomic mass is 16.6. The Balaban J connectivity index is 1.93. The van der Waals surface area contributed by atoms with Gasteiger partial charge in [-0.3, -0.25) is 19.8 Å². The molecule has 1 atom stereocenters. The van der Waals surface area contributed by atoms with Gasteiger partial charge in [-0.2, -0.15) is 0 Å². The second-order valence-corrected chi connectivity index (χ2v) is 13.5. The summed E-state index contributed by atoms with van der Waals surface area (Å²) in [6.07, 6.45) is 13.3. The predicted octanol–water partition coefficient (Wildman–Crippen LogP) is 10.7. The average Bonchev–Trinajstić information content (AvgIpc) is 3.49. The maximum Gasteiger partial charge on any atom is 0.274 e. The number of aromatic nitrogens is 1. The van der Waals surface area contributed by atoms with Crippen LogP contribution in [0.3, 0.4) is 0 Å². The molecule has 0 bridgehead atoms. The van der Waals surface area contributed by atoms with Crippen molar-refractivity contribution in [1.29, 1.82) is 0 Å². The predicted molar refractivity (Wildman–Crippen MR) is 204 cm³/mol. The third kappa shape index (κ3) is 11.4. The fraction of sp³-hybridized carbons (Fsp3) is 0.634. The number of carbonyl (C=O) groups is 1. The summed E-state index contributed by atoms with van der Waals surface area (Å²) >= 11 is 0. The fourth-order valence-electron chi connectivity index (χ4n) is 6.88. The number of ketones is 1. The van der Waals surface area contributed by atoms with Crippen LogP contribution >= 0.6 is 0 Å². The molecule has 0 aliphatic rings. The van der Waals surface area contributed by atoms with Crippen LogP contribution in [0.5, 0.6) is 5.75 Å². The topological polar surface area (TPSA) is 91.7 Å². The number of rotatable bonds is 26. The van der Waals surface area contributed by atoms with Gasteiger partial charge in [-0.15, -0.1) is 0 Å². The Hall–Kier alpha value is -3.23. The summed E-state index contributed by atoms with van der Waals surface area (Å²) in [5.41, 5.74) is 3.73. The number of carbonyl (C=O) groups excluding carboxylic acids is 1. The fourth-order valence-corrected chi connectivity index (χ4v) is 6.88. The van der Waals surface area contributed by atoms with Crippen LogP contribution in [0.4, 0.5) is 5.69 Å². The summed E-state index contributed by atoms with van der Waals surface area (Å²) in [6.45, 7) is 18.9. The SMILES string of the molecule is CCCCc1c(C(=O)c2ccc(OCCCN(CCCC)CCCC)cc2)[nH]c2ccc([N+](=O)[O-])c(C(CC)N(CCCC)CCCC)c12. The van der Waals surface area contributed by atoms with E-state index in [1.807, 2.05) is 24.3 Å². The van der Waals surface area contributed by atoms with Crippen molar-refractivity contribution in [2.24, 2.45) is 0 Å². The lowest BCUT2D eigenvalue weighted by molar-refractivity contribution is -0.385. The first-order valence-electron chi connectivity index (χ1n) is 19.4. The lowest BCUT2D eigenvalue weighted by Gasteiger charge is -2.32. The number of fused-ring (bicyclic) bond motifs is 1. The standard InChI is InChI=1S/C41H64N4O4/c1-7-13-19-34-38-35(24-25-37(45(47)48)39(38)36(12-6)44(29-16-10-4)30-17-11-5)42-40(34)41(46)32-20-22-33(23-21-32)49-31-18-28-43(26-14-8-2)27-15-9-3/h20-25,36,42H,7-19,26-31H2,1-6H3. The lowest BCUT2D eigenvalue weighted by atomic mass is 9.91. The van der Waals surface area contributed by atoms with E-state index in [0.29, 0.717) is 24.3 Å². The highest BCUT2D eigenvalue weighted by Crippen LogP contribution is 2.41. The van der Waals surface area contributed by atoms with Gasteiger partial charge in [0, 0.05) is 35.1 Å². The molecule has 0 aliphatic heterocycles. The second-order valence-electron chi connectivity index (χ2n) is 13.5. The Labute approximate surface area is 296 Å². The van der Waals surface area contributed by atoms with Crippen LogP contribution in [-0.2, 0) is 6.42 Å². The Morgan fingerprint density at radius 2 is 1.35 bits per heavy atom. The number of nitrogens with zero attached hydrogens (tertiary/aromatic N) is 3. The molecule has 0 saturated carbocycles. The maximum atomic E-state index is 14.2. The Morgan fingerprint density at radius 3 is 1.90 bits per heavy atom. The number of nitro groups is 1. The molecule has 8 nitrogen and oxygen atoms in total. The first kappa shape index (κ1) is 40.2. The number of H-pyrrole nitrogens is 1. The average molecular weight is 677 g/mol. The van der Waals surface area contributed by atoms with Crippen molar-refractivity contribution in [3.63, 3.8) is 0 Å². The number of hydrogen-bond acceptors (Lipinski definition) is 6. The molecule has 0 fully saturated rings. The van der Waals surface area contributed by atoms with E-state index in [1.165, 1.54) is 25.7 Å². The molecular weight excluding hydrogens is 612 g/mol. The molecule has 1 aromatic heterocycles. The van der Waals surface area contributed by atoms with Crippen LogP contribution in [0.2, 0.25) is 0 Å². The van der Waals surface area contributed by atoms with Gasteiger partial charge in [0.05, 0.1) is 22.8 Å². The molecule has 1 unspecified atom stereocenters. The van der Waals surface area contributed by atoms with Gasteiger partial charge in [0.2, 0.25) is 5.78 Å². The van der Waals surface area contributed by atoms with Crippen molar-refractivity contribution in [1.82, 2.24) is 14.8 Å². The van der Waals surface area contributed by atoms with Gasteiger partial charge in [-0.05, 0) is 113 Å². The summed E-state index contributed by atoms with van der Waals surface area (Å²) in [4.78, 5) is 35.0. The van der Waals surface area contributed by atoms with Crippen molar-refractivity contribution < 1.29 is 14.5 Å². The second kappa shape index (κ2) is 21.8. The molecule has 3 aromatic rings. The number of benzene rings is 2. The first-order chi connectivity index (χ1) is 23.8. The molecule has 0 radical (unpaired) electrons. The summed E-state index contributed by atoms with van der Waals surface area (Å²) in [5.74, 6) is 0.669. The van der Waals surface area contributed by atoms with Gasteiger partial charge >= 0.3 is 0 Å². The van der Waals surface area contributed by atoms with E-state index in [2.05, 4.69) is 56.3 Å². The van der Waals surface area contributed by atoms with Crippen molar-refractivity contribution >= 4 is 22.4 Å². The molecule has 1 N–H and O–H groups in total. The van der Waals surface area contributed by atoms with Crippen LogP contribution in [-0.4, -0.2) is 64.8 Å². The van der Waals surface area contributed by atoms with E-state index in [9.17, 15) is 14.9 Å². The Morgan fingerprint density at radius 1 is 0.776 bits per heavy atom. The van der Waals surface area contributed by atoms with Gasteiger partial charge in [0.15, 0.2) is 0 Å². The molecule has 0 amide bonds. The molecular formula is C41H64N4O4. The number of nitrogens with one attached hydrogen (secondary N) is 1. The number of hydrogen-bond donors (Lipinski definition) is 1. The number of aryl methyl sites for hydroxylation is 1. The minimum absolute atomic E-state index is 0.0909. The smallest absolute Gasteiger partial charge is 0.274 e. The number of nitro benzene ring substituents is 1. The van der Waals surface area contributed by atoms with Crippen molar-refractivity contribution in [3.8, 4) is 5.75 Å². The molecule has 0 spiro atoms. The van der Waals surface area contributed by atoms with Crippen LogP contribution in [0.1, 0.15) is 152 Å². The highest BCUT2D eigenvalue weighted by molar-refractivity contribution is 6.12. The van der Waals surface area contributed by atoms with E-state index in [4.69, 9.17) is 4.74 Å². The van der Waals surface area contributed by atoms with Crippen molar-refractivity contribution in [3.05, 3.63) is 68.9 Å². The monoisotopic (exact) mass is 676 g/mol. The minimum atomic E-state index is -0.236. The van der Waals surface area contributed by atoms with E-state index in [-0.39, 0.29) is 22.4 Å². The van der Waals surface area contributed by atoms with E-state index < -0.39 is 0 Å². The molecule has 49 heavy (non-hydrogen) atoms. The van der Waals surface area contributed by atoms with Gasteiger partial charge in [-0.1, -0.05) is 73.6 Å². The van der Waals surface area contributed by atoms with Gasteiger partial charge < -0.3 is 14.6 Å². The van der Waals surface area contributed by atoms with Gasteiger partial charge in [0.25, 0.3) is 5.69 Å². The third-order valence-corrected chi connectivity index (χ3v) is 9.71. The third-order valence-electron chi connectivity index (χ3n) is 9.71. The van der Waals surface area contributed by atoms with Gasteiger partial charge in [0.1, 0.15) is 5.75 Å². The normalized spacial score (nSPS) is 12.3. The molecule has 8 heteroatoms. The lowest BCUT2D eigenvalue weighted by Crippen LogP contribution is -2.31. The Bertz CT molecular complexity index is 1400. The van der Waals surface area contributed by atoms with Crippen LogP contribution in [0, 0.1) is 10.1 Å². The quantitative estimate of drug-likeness (QED) is 0.0394. The zero-order valence-corrected chi connectivity index (χ0v) is 31.5. The molecule has 0 aliphatic carbocycles. The zero-order chi connectivity index (χ0) is 35.6. The van der Waals surface area contributed by atoms with Crippen LogP contribution < -0.4 is 4.74 Å². The van der Waals surface area contributed by atoms with E-state index >= 15 is 0 Å². The summed E-state index contributed by atoms with van der Waals surface area (Å²) < 4.78 is 6.08. The molecule has 3 rings (SSSR count). The highest BCUT2D eigenvalue weighted by Gasteiger charge is 2.32. The molecule has 2 aromatic carbocycles. The Kier molecular flexibility index (Phi) is 17.9. The first-order valence-corrected chi connectivity index (χ1v) is 19.4. The maximum absolute atomic E-state index is 14.2. The van der Waals surface area contributed by atoms with E-state index in [1.54, 1.807) is 12.1 Å². The molecule has 0 saturated heterocycles. The zero-order valence-electron chi connectivity index (χ0n) is 31.5. The van der Waals surface area contributed by atoms with Crippen LogP contribution in [0.15, 0.2) is 36.4 Å². The van der Waals surface area contributed by atoms with E-state index in [0.717, 1.165) is 112 Å². The van der Waals surface area contributed by atoms with Crippen molar-refractivity contribution in [2.45, 2.75) is 131 Å². The molecule has 1 heterocycles. The largest absolute Gasteiger partial charge is 0.494 e.